The Hall–Kier alpha value is -2.75. The van der Waals surface area contributed by atoms with E-state index >= 15 is 0 Å². The quantitative estimate of drug-likeness (QED) is 0.538. The molecule has 4 heteroatoms. The fourth-order valence-electron chi connectivity index (χ4n) is 3.07. The molecule has 2 heterocycles. The van der Waals surface area contributed by atoms with Crippen molar-refractivity contribution in [3.8, 4) is 17.0 Å². The van der Waals surface area contributed by atoms with Crippen LogP contribution in [0.15, 0.2) is 30.5 Å². The van der Waals surface area contributed by atoms with Gasteiger partial charge >= 0.3 is 0 Å². The maximum absolute atomic E-state index is 12.8. The molecule has 0 aliphatic heterocycles. The highest BCUT2D eigenvalue weighted by Gasteiger charge is 2.33. The number of methoxy groups -OCH3 is 1. The fourth-order valence-corrected chi connectivity index (χ4v) is 3.07. The number of benzene rings is 1. The van der Waals surface area contributed by atoms with E-state index in [0.29, 0.717) is 17.0 Å². The molecule has 0 N–H and O–H groups in total. The van der Waals surface area contributed by atoms with E-state index in [1.165, 1.54) is 0 Å². The maximum atomic E-state index is 12.8. The zero-order chi connectivity index (χ0) is 15.4. The molecule has 0 radical (unpaired) electrons. The summed E-state index contributed by atoms with van der Waals surface area (Å²) in [6.07, 6.45) is 1.77. The van der Waals surface area contributed by atoms with Crippen molar-refractivity contribution in [3.05, 3.63) is 52.8 Å². The third-order valence-electron chi connectivity index (χ3n) is 4.08. The Balaban J connectivity index is 2.19. The Kier molecular flexibility index (Phi) is 2.57. The molecular formula is C18H14N2O2. The highest BCUT2D eigenvalue weighted by atomic mass is 16.5. The second-order valence-corrected chi connectivity index (χ2v) is 5.59. The van der Waals surface area contributed by atoms with Crippen LogP contribution in [0.2, 0.25) is 0 Å². The topological polar surface area (TPSA) is 52.1 Å². The number of fused-ring (bicyclic) bond motifs is 5. The fraction of sp³-hybridized carbons (Fsp3) is 0.167. The summed E-state index contributed by atoms with van der Waals surface area (Å²) >= 11 is 0. The SMILES string of the molecule is COc1nc2cc(C)ccc2c2c1C(=O)c1cc(C)ncc1-2. The first-order chi connectivity index (χ1) is 10.6. The molecule has 2 aromatic heterocycles. The van der Waals surface area contributed by atoms with Gasteiger partial charge in [-0.3, -0.25) is 9.78 Å². The predicted octanol–water partition coefficient (Wildman–Crippen LogP) is 3.47. The first-order valence-electron chi connectivity index (χ1n) is 7.10. The van der Waals surface area contributed by atoms with Crippen molar-refractivity contribution >= 4 is 16.7 Å². The number of carbonyl (C=O) groups excluding carboxylic acids is 1. The number of ether oxygens (including phenoxy) is 1. The van der Waals surface area contributed by atoms with E-state index in [1.54, 1.807) is 13.3 Å². The number of aryl methyl sites for hydroxylation is 2. The van der Waals surface area contributed by atoms with Gasteiger partial charge in [-0.2, -0.15) is 0 Å². The molecule has 0 saturated carbocycles. The van der Waals surface area contributed by atoms with Crippen molar-refractivity contribution in [2.24, 2.45) is 0 Å². The monoisotopic (exact) mass is 290 g/mol. The summed E-state index contributed by atoms with van der Waals surface area (Å²) in [4.78, 5) is 21.7. The number of hydrogen-bond donors (Lipinski definition) is 0. The van der Waals surface area contributed by atoms with Crippen molar-refractivity contribution in [1.82, 2.24) is 9.97 Å². The lowest BCUT2D eigenvalue weighted by Gasteiger charge is -2.10. The minimum atomic E-state index is -0.0395. The Morgan fingerprint density at radius 2 is 1.86 bits per heavy atom. The van der Waals surface area contributed by atoms with Gasteiger partial charge in [0.05, 0.1) is 18.2 Å². The van der Waals surface area contributed by atoms with Gasteiger partial charge in [0.15, 0.2) is 5.78 Å². The van der Waals surface area contributed by atoms with Crippen LogP contribution in [0.25, 0.3) is 22.0 Å². The Morgan fingerprint density at radius 1 is 1.05 bits per heavy atom. The first-order valence-corrected chi connectivity index (χ1v) is 7.10. The lowest BCUT2D eigenvalue weighted by Crippen LogP contribution is -2.02. The second kappa shape index (κ2) is 4.37. The average Bonchev–Trinajstić information content (AvgIpc) is 2.79. The predicted molar refractivity (Wildman–Crippen MR) is 84.4 cm³/mol. The van der Waals surface area contributed by atoms with Gasteiger partial charge in [0, 0.05) is 34.0 Å². The molecule has 3 aromatic rings. The zero-order valence-corrected chi connectivity index (χ0v) is 12.6. The van der Waals surface area contributed by atoms with Crippen molar-refractivity contribution in [2.45, 2.75) is 13.8 Å². The van der Waals surface area contributed by atoms with Crippen molar-refractivity contribution < 1.29 is 9.53 Å². The molecule has 4 rings (SSSR count). The standard InChI is InChI=1S/C18H14N2O2/c1-9-4-5-11-14(6-9)20-18(22-3)16-15(11)13-8-19-10(2)7-12(13)17(16)21/h4-8H,1-3H3. The van der Waals surface area contributed by atoms with Crippen LogP contribution in [0, 0.1) is 13.8 Å². The van der Waals surface area contributed by atoms with Gasteiger partial charge in [0.25, 0.3) is 0 Å². The lowest BCUT2D eigenvalue weighted by molar-refractivity contribution is 0.104. The number of ketones is 1. The molecular weight excluding hydrogens is 276 g/mol. The van der Waals surface area contributed by atoms with Crippen LogP contribution in [-0.2, 0) is 0 Å². The van der Waals surface area contributed by atoms with Crippen LogP contribution in [0.4, 0.5) is 0 Å². The molecule has 0 bridgehead atoms. The maximum Gasteiger partial charge on any atom is 0.225 e. The van der Waals surface area contributed by atoms with Gasteiger partial charge in [0.1, 0.15) is 0 Å². The molecule has 0 amide bonds. The van der Waals surface area contributed by atoms with Crippen LogP contribution >= 0.6 is 0 Å². The van der Waals surface area contributed by atoms with Crippen molar-refractivity contribution in [1.29, 1.82) is 0 Å². The lowest BCUT2D eigenvalue weighted by atomic mass is 10.0. The van der Waals surface area contributed by atoms with Crippen LogP contribution in [-0.4, -0.2) is 22.9 Å². The molecule has 4 nitrogen and oxygen atoms in total. The minimum Gasteiger partial charge on any atom is -0.480 e. The number of carbonyl (C=O) groups is 1. The average molecular weight is 290 g/mol. The van der Waals surface area contributed by atoms with Crippen molar-refractivity contribution in [2.75, 3.05) is 7.11 Å². The first kappa shape index (κ1) is 13.0. The molecule has 0 saturated heterocycles. The molecule has 0 fully saturated rings. The normalized spacial score (nSPS) is 12.4. The zero-order valence-electron chi connectivity index (χ0n) is 12.6. The minimum absolute atomic E-state index is 0.0395. The van der Waals surface area contributed by atoms with Crippen LogP contribution in [0.1, 0.15) is 27.2 Å². The largest absolute Gasteiger partial charge is 0.480 e. The van der Waals surface area contributed by atoms with E-state index in [4.69, 9.17) is 4.74 Å². The smallest absolute Gasteiger partial charge is 0.225 e. The Morgan fingerprint density at radius 3 is 2.64 bits per heavy atom. The summed E-state index contributed by atoms with van der Waals surface area (Å²) in [6.45, 7) is 3.90. The molecule has 0 unspecified atom stereocenters. The molecule has 1 aliphatic carbocycles. The summed E-state index contributed by atoms with van der Waals surface area (Å²) < 4.78 is 5.38. The van der Waals surface area contributed by atoms with Gasteiger partial charge in [-0.1, -0.05) is 12.1 Å². The van der Waals surface area contributed by atoms with E-state index in [-0.39, 0.29) is 5.78 Å². The van der Waals surface area contributed by atoms with Gasteiger partial charge in [-0.25, -0.2) is 4.98 Å². The third kappa shape index (κ3) is 1.61. The number of rotatable bonds is 1. The third-order valence-corrected chi connectivity index (χ3v) is 4.08. The summed E-state index contributed by atoms with van der Waals surface area (Å²) in [5.41, 5.74) is 5.74. The van der Waals surface area contributed by atoms with Crippen LogP contribution in [0.5, 0.6) is 5.88 Å². The number of nitrogens with zero attached hydrogens (tertiary/aromatic N) is 2. The van der Waals surface area contributed by atoms with E-state index in [1.807, 2.05) is 38.1 Å². The van der Waals surface area contributed by atoms with E-state index in [9.17, 15) is 4.79 Å². The van der Waals surface area contributed by atoms with Gasteiger partial charge in [0.2, 0.25) is 5.88 Å². The molecule has 22 heavy (non-hydrogen) atoms. The van der Waals surface area contributed by atoms with Gasteiger partial charge in [-0.15, -0.1) is 0 Å². The van der Waals surface area contributed by atoms with Crippen LogP contribution < -0.4 is 4.74 Å². The summed E-state index contributed by atoms with van der Waals surface area (Å²) in [5, 5.41) is 0.958. The van der Waals surface area contributed by atoms with Gasteiger partial charge in [-0.05, 0) is 31.5 Å². The highest BCUT2D eigenvalue weighted by Crippen LogP contribution is 2.44. The molecule has 108 valence electrons. The number of aromatic nitrogens is 2. The number of pyridine rings is 2. The molecule has 1 aliphatic rings. The highest BCUT2D eigenvalue weighted by molar-refractivity contribution is 6.26. The van der Waals surface area contributed by atoms with Crippen molar-refractivity contribution in [3.63, 3.8) is 0 Å². The Labute approximate surface area is 127 Å². The van der Waals surface area contributed by atoms with Crippen LogP contribution in [0.3, 0.4) is 0 Å². The van der Waals surface area contributed by atoms with E-state index in [2.05, 4.69) is 9.97 Å². The Bertz CT molecular complexity index is 961. The van der Waals surface area contributed by atoms with Gasteiger partial charge < -0.3 is 4.74 Å². The second-order valence-electron chi connectivity index (χ2n) is 5.59. The molecule has 0 atom stereocenters. The molecule has 1 aromatic carbocycles. The summed E-state index contributed by atoms with van der Waals surface area (Å²) in [7, 11) is 1.55. The van der Waals surface area contributed by atoms with E-state index < -0.39 is 0 Å². The number of hydrogen-bond acceptors (Lipinski definition) is 4. The van der Waals surface area contributed by atoms with E-state index in [0.717, 1.165) is 33.3 Å². The summed E-state index contributed by atoms with van der Waals surface area (Å²) in [6, 6.07) is 7.87. The summed E-state index contributed by atoms with van der Waals surface area (Å²) in [5.74, 6) is 0.342. The molecule has 0 spiro atoms.